The van der Waals surface area contributed by atoms with Crippen LogP contribution in [0.4, 0.5) is 0 Å². The van der Waals surface area contributed by atoms with E-state index in [1.165, 1.54) is 32.1 Å². The monoisotopic (exact) mass is 223 g/mol. The summed E-state index contributed by atoms with van der Waals surface area (Å²) in [5.41, 5.74) is 0. The molecule has 0 amide bonds. The fourth-order valence-corrected chi connectivity index (χ4v) is 2.86. The average Bonchev–Trinajstić information content (AvgIpc) is 2.35. The molecule has 1 aliphatic rings. The van der Waals surface area contributed by atoms with Gasteiger partial charge < -0.3 is 10.1 Å². The maximum atomic E-state index is 5.71. The number of ether oxygens (including phenoxy) is 1. The number of hydrogen-bond acceptors (Lipinski definition) is 2. The Hall–Kier alpha value is -0.520. The molecule has 0 spiro atoms. The molecule has 2 heteroatoms. The van der Waals surface area contributed by atoms with Crippen LogP contribution in [0, 0.1) is 18.3 Å². The lowest BCUT2D eigenvalue weighted by Gasteiger charge is -2.34. The minimum absolute atomic E-state index is 0.332. The molecule has 1 fully saturated rings. The molecule has 1 N–H and O–H groups in total. The highest BCUT2D eigenvalue weighted by atomic mass is 16.5. The molecule has 0 aromatic carbocycles. The number of likely N-dealkylation sites (N-methyl/N-ethyl adjacent to an activating group) is 1. The fraction of sp³-hybridized carbons (Fsp3) is 0.857. The van der Waals surface area contributed by atoms with Gasteiger partial charge in [0.15, 0.2) is 0 Å². The maximum Gasteiger partial charge on any atom is 0.0752 e. The molecule has 1 aliphatic carbocycles. The molecule has 2 nitrogen and oxygen atoms in total. The number of rotatable bonds is 6. The second kappa shape index (κ2) is 7.70. The van der Waals surface area contributed by atoms with Gasteiger partial charge in [-0.15, -0.1) is 12.3 Å². The standard InChI is InChI=1S/C14H25NO/c1-4-5-11-13(15-2)14(16-3)12-9-7-6-8-10-12/h1,12-15H,5-11H2,2-3H3. The lowest BCUT2D eigenvalue weighted by molar-refractivity contribution is 0.00836. The summed E-state index contributed by atoms with van der Waals surface area (Å²) in [6.07, 6.45) is 14.2. The molecule has 0 aliphatic heterocycles. The van der Waals surface area contributed by atoms with Gasteiger partial charge in [-0.2, -0.15) is 0 Å². The van der Waals surface area contributed by atoms with Crippen molar-refractivity contribution in [2.45, 2.75) is 57.1 Å². The van der Waals surface area contributed by atoms with Gasteiger partial charge in [0.1, 0.15) is 0 Å². The van der Waals surface area contributed by atoms with Crippen LogP contribution in [0.25, 0.3) is 0 Å². The maximum absolute atomic E-state index is 5.71. The highest BCUT2D eigenvalue weighted by molar-refractivity contribution is 4.90. The van der Waals surface area contributed by atoms with Gasteiger partial charge in [0.2, 0.25) is 0 Å². The molecule has 1 rings (SSSR count). The molecule has 0 bridgehead atoms. The van der Waals surface area contributed by atoms with Crippen LogP contribution in [0.3, 0.4) is 0 Å². The molecule has 0 radical (unpaired) electrons. The number of terminal acetylenes is 1. The molecule has 0 aromatic heterocycles. The van der Waals surface area contributed by atoms with E-state index in [2.05, 4.69) is 11.2 Å². The second-order valence-electron chi connectivity index (χ2n) is 4.74. The zero-order valence-electron chi connectivity index (χ0n) is 10.7. The van der Waals surface area contributed by atoms with Gasteiger partial charge in [0.25, 0.3) is 0 Å². The van der Waals surface area contributed by atoms with Crippen molar-refractivity contribution in [3.63, 3.8) is 0 Å². The first kappa shape index (κ1) is 13.5. The van der Waals surface area contributed by atoms with Crippen molar-refractivity contribution in [3.8, 4) is 12.3 Å². The van der Waals surface area contributed by atoms with Crippen molar-refractivity contribution >= 4 is 0 Å². The van der Waals surface area contributed by atoms with Crippen LogP contribution in [0.2, 0.25) is 0 Å². The van der Waals surface area contributed by atoms with Crippen LogP contribution in [-0.4, -0.2) is 26.3 Å². The lowest BCUT2D eigenvalue weighted by atomic mass is 9.81. The molecule has 0 heterocycles. The molecular weight excluding hydrogens is 198 g/mol. The molecule has 16 heavy (non-hydrogen) atoms. The second-order valence-corrected chi connectivity index (χ2v) is 4.74. The lowest BCUT2D eigenvalue weighted by Crippen LogP contribution is -2.44. The molecule has 2 atom stereocenters. The predicted molar refractivity (Wildman–Crippen MR) is 68.3 cm³/mol. The Labute approximate surface area is 100 Å². The zero-order valence-corrected chi connectivity index (χ0v) is 10.7. The smallest absolute Gasteiger partial charge is 0.0752 e. The van der Waals surface area contributed by atoms with Crippen LogP contribution >= 0.6 is 0 Å². The van der Waals surface area contributed by atoms with Crippen molar-refractivity contribution in [2.75, 3.05) is 14.2 Å². The van der Waals surface area contributed by atoms with Gasteiger partial charge >= 0.3 is 0 Å². The van der Waals surface area contributed by atoms with Crippen molar-refractivity contribution in [1.29, 1.82) is 0 Å². The third-order valence-electron chi connectivity index (χ3n) is 3.75. The Morgan fingerprint density at radius 1 is 1.38 bits per heavy atom. The van der Waals surface area contributed by atoms with E-state index in [0.717, 1.165) is 12.8 Å². The van der Waals surface area contributed by atoms with E-state index < -0.39 is 0 Å². The summed E-state index contributed by atoms with van der Waals surface area (Å²) in [5.74, 6) is 3.44. The summed E-state index contributed by atoms with van der Waals surface area (Å²) in [5, 5.41) is 3.36. The average molecular weight is 223 g/mol. The summed E-state index contributed by atoms with van der Waals surface area (Å²) >= 11 is 0. The van der Waals surface area contributed by atoms with E-state index in [-0.39, 0.29) is 0 Å². The van der Waals surface area contributed by atoms with Gasteiger partial charge in [-0.3, -0.25) is 0 Å². The van der Waals surface area contributed by atoms with Gasteiger partial charge in [-0.05, 0) is 32.2 Å². The third-order valence-corrected chi connectivity index (χ3v) is 3.75. The van der Waals surface area contributed by atoms with Crippen molar-refractivity contribution in [1.82, 2.24) is 5.32 Å². The first-order chi connectivity index (χ1) is 7.83. The molecule has 1 saturated carbocycles. The van der Waals surface area contributed by atoms with E-state index in [9.17, 15) is 0 Å². The Kier molecular flexibility index (Phi) is 6.52. The van der Waals surface area contributed by atoms with Crippen LogP contribution in [0.5, 0.6) is 0 Å². The fourth-order valence-electron chi connectivity index (χ4n) is 2.86. The van der Waals surface area contributed by atoms with E-state index in [1.807, 2.05) is 14.2 Å². The summed E-state index contributed by atoms with van der Waals surface area (Å²) in [6.45, 7) is 0. The van der Waals surface area contributed by atoms with Gasteiger partial charge in [-0.1, -0.05) is 19.3 Å². The van der Waals surface area contributed by atoms with Crippen LogP contribution in [0.1, 0.15) is 44.9 Å². The van der Waals surface area contributed by atoms with Gasteiger partial charge in [-0.25, -0.2) is 0 Å². The van der Waals surface area contributed by atoms with E-state index in [0.29, 0.717) is 18.1 Å². The first-order valence-corrected chi connectivity index (χ1v) is 6.47. The Morgan fingerprint density at radius 2 is 2.06 bits per heavy atom. The van der Waals surface area contributed by atoms with Gasteiger partial charge in [0.05, 0.1) is 6.10 Å². The van der Waals surface area contributed by atoms with E-state index in [1.54, 1.807) is 0 Å². The minimum atomic E-state index is 0.332. The van der Waals surface area contributed by atoms with E-state index in [4.69, 9.17) is 11.2 Å². The Balaban J connectivity index is 2.51. The largest absolute Gasteiger partial charge is 0.380 e. The van der Waals surface area contributed by atoms with Crippen LogP contribution in [-0.2, 0) is 4.74 Å². The highest BCUT2D eigenvalue weighted by Crippen LogP contribution is 2.30. The van der Waals surface area contributed by atoms with Crippen LogP contribution < -0.4 is 5.32 Å². The normalized spacial score (nSPS) is 21.3. The minimum Gasteiger partial charge on any atom is -0.380 e. The molecule has 92 valence electrons. The SMILES string of the molecule is C#CCCC(NC)C(OC)C1CCCCC1. The predicted octanol–water partition coefficient (Wildman–Crippen LogP) is 2.58. The Bertz CT molecular complexity index is 215. The van der Waals surface area contributed by atoms with Crippen molar-refractivity contribution in [2.24, 2.45) is 5.92 Å². The third kappa shape index (κ3) is 3.81. The summed E-state index contributed by atoms with van der Waals surface area (Å²) in [4.78, 5) is 0. The topological polar surface area (TPSA) is 21.3 Å². The summed E-state index contributed by atoms with van der Waals surface area (Å²) in [6, 6.07) is 0.407. The summed E-state index contributed by atoms with van der Waals surface area (Å²) in [7, 11) is 3.84. The van der Waals surface area contributed by atoms with Crippen molar-refractivity contribution in [3.05, 3.63) is 0 Å². The van der Waals surface area contributed by atoms with Crippen molar-refractivity contribution < 1.29 is 4.74 Å². The number of hydrogen-bond donors (Lipinski definition) is 1. The molecule has 0 aromatic rings. The van der Waals surface area contributed by atoms with Crippen LogP contribution in [0.15, 0.2) is 0 Å². The number of methoxy groups -OCH3 is 1. The first-order valence-electron chi connectivity index (χ1n) is 6.47. The highest BCUT2D eigenvalue weighted by Gasteiger charge is 2.29. The zero-order chi connectivity index (χ0) is 11.8. The molecule has 0 saturated heterocycles. The van der Waals surface area contributed by atoms with Gasteiger partial charge in [0, 0.05) is 19.6 Å². The summed E-state index contributed by atoms with van der Waals surface area (Å²) < 4.78 is 5.71. The Morgan fingerprint density at radius 3 is 2.56 bits per heavy atom. The molecule has 2 unspecified atom stereocenters. The van der Waals surface area contributed by atoms with E-state index >= 15 is 0 Å². The molecular formula is C14H25NO. The number of nitrogens with one attached hydrogen (secondary N) is 1. The quantitative estimate of drug-likeness (QED) is 0.699.